The van der Waals surface area contributed by atoms with E-state index >= 15 is 0 Å². The van der Waals surface area contributed by atoms with Crippen molar-refractivity contribution in [2.24, 2.45) is 16.3 Å². The fraction of sp³-hybridized carbons (Fsp3) is 0.611. The highest BCUT2D eigenvalue weighted by atomic mass is 32.2. The minimum absolute atomic E-state index is 0.0961. The summed E-state index contributed by atoms with van der Waals surface area (Å²) in [5, 5.41) is 6.55. The van der Waals surface area contributed by atoms with Crippen molar-refractivity contribution in [1.29, 1.82) is 0 Å². The zero-order valence-corrected chi connectivity index (χ0v) is 15.6. The Bertz CT molecular complexity index is 769. The van der Waals surface area contributed by atoms with E-state index in [1.165, 1.54) is 50.1 Å². The molecule has 2 saturated carbocycles. The molecule has 5 nitrogen and oxygen atoms in total. The van der Waals surface area contributed by atoms with E-state index < -0.39 is 9.84 Å². The number of hydrogen-bond donors (Lipinski definition) is 2. The molecular weight excluding hydrogens is 341 g/mol. The second-order valence-corrected chi connectivity index (χ2v) is 9.54. The van der Waals surface area contributed by atoms with Gasteiger partial charge in [0.1, 0.15) is 5.82 Å². The summed E-state index contributed by atoms with van der Waals surface area (Å²) in [6.07, 6.45) is 6.42. The lowest BCUT2D eigenvalue weighted by Gasteiger charge is -2.18. The summed E-state index contributed by atoms with van der Waals surface area (Å²) in [6.45, 7) is 1.25. The Kier molecular flexibility index (Phi) is 5.04. The topological polar surface area (TPSA) is 70.6 Å². The molecule has 25 heavy (non-hydrogen) atoms. The number of nitrogens with zero attached hydrogens (tertiary/aromatic N) is 1. The van der Waals surface area contributed by atoms with Gasteiger partial charge in [-0.2, -0.15) is 0 Å². The molecule has 2 aliphatic carbocycles. The normalized spacial score (nSPS) is 19.6. The van der Waals surface area contributed by atoms with E-state index in [-0.39, 0.29) is 11.6 Å². The Labute approximate surface area is 149 Å². The molecule has 1 aromatic carbocycles. The summed E-state index contributed by atoms with van der Waals surface area (Å²) in [5.74, 6) is 1.06. The maximum atomic E-state index is 13.6. The molecule has 0 heterocycles. The summed E-state index contributed by atoms with van der Waals surface area (Å²) in [5.41, 5.74) is 1.71. The standard InChI is InChI=1S/C18H26FN3O2S/c1-20-17(22-12-18(7-8-18)15-4-5-15)21-10-14-9-16(19)6-3-13(14)11-25(2,23)24/h3,6,9,15H,4-5,7-8,10-12H2,1-2H3,(H2,20,21,22). The van der Waals surface area contributed by atoms with Crippen molar-refractivity contribution >= 4 is 15.8 Å². The van der Waals surface area contributed by atoms with Gasteiger partial charge in [0.2, 0.25) is 0 Å². The summed E-state index contributed by atoms with van der Waals surface area (Å²) in [4.78, 5) is 4.22. The van der Waals surface area contributed by atoms with Crippen LogP contribution in [0.5, 0.6) is 0 Å². The molecule has 2 N–H and O–H groups in total. The quantitative estimate of drug-likeness (QED) is 0.573. The minimum Gasteiger partial charge on any atom is -0.356 e. The van der Waals surface area contributed by atoms with Gasteiger partial charge >= 0.3 is 0 Å². The zero-order valence-electron chi connectivity index (χ0n) is 14.8. The smallest absolute Gasteiger partial charge is 0.191 e. The largest absolute Gasteiger partial charge is 0.356 e. The zero-order chi connectivity index (χ0) is 18.1. The van der Waals surface area contributed by atoms with E-state index in [0.29, 0.717) is 29.0 Å². The maximum absolute atomic E-state index is 13.6. The molecule has 3 rings (SSSR count). The number of halogens is 1. The molecule has 0 bridgehead atoms. The van der Waals surface area contributed by atoms with Crippen molar-refractivity contribution < 1.29 is 12.8 Å². The number of nitrogens with one attached hydrogen (secondary N) is 2. The van der Waals surface area contributed by atoms with Gasteiger partial charge in [-0.05, 0) is 60.3 Å². The molecule has 7 heteroatoms. The molecule has 0 spiro atoms. The van der Waals surface area contributed by atoms with Crippen molar-refractivity contribution in [2.45, 2.75) is 38.0 Å². The van der Waals surface area contributed by atoms with Gasteiger partial charge in [-0.1, -0.05) is 6.07 Å². The third kappa shape index (κ3) is 4.93. The number of guanidine groups is 1. The highest BCUT2D eigenvalue weighted by Crippen LogP contribution is 2.60. The average Bonchev–Trinajstić information content (AvgIpc) is 3.42. The molecule has 2 aliphatic rings. The number of benzene rings is 1. The summed E-state index contributed by atoms with van der Waals surface area (Å²) < 4.78 is 36.7. The highest BCUT2D eigenvalue weighted by molar-refractivity contribution is 7.89. The van der Waals surface area contributed by atoms with Crippen molar-refractivity contribution in [2.75, 3.05) is 19.8 Å². The Morgan fingerprint density at radius 3 is 2.56 bits per heavy atom. The van der Waals surface area contributed by atoms with Crippen molar-refractivity contribution in [3.8, 4) is 0 Å². The lowest BCUT2D eigenvalue weighted by atomic mass is 10.0. The molecule has 0 amide bonds. The lowest BCUT2D eigenvalue weighted by Crippen LogP contribution is -2.40. The van der Waals surface area contributed by atoms with E-state index in [1.54, 1.807) is 7.05 Å². The van der Waals surface area contributed by atoms with Crippen LogP contribution in [-0.2, 0) is 22.1 Å². The van der Waals surface area contributed by atoms with Crippen LogP contribution in [-0.4, -0.2) is 34.2 Å². The average molecular weight is 367 g/mol. The van der Waals surface area contributed by atoms with Gasteiger partial charge in [-0.25, -0.2) is 12.8 Å². The van der Waals surface area contributed by atoms with Gasteiger partial charge in [0.25, 0.3) is 0 Å². The third-order valence-corrected chi connectivity index (χ3v) is 6.03. The summed E-state index contributed by atoms with van der Waals surface area (Å²) in [6, 6.07) is 4.22. The van der Waals surface area contributed by atoms with Crippen LogP contribution in [0, 0.1) is 17.2 Å². The molecule has 0 aliphatic heterocycles. The first-order valence-electron chi connectivity index (χ1n) is 8.71. The summed E-state index contributed by atoms with van der Waals surface area (Å²) in [7, 11) is -1.47. The van der Waals surface area contributed by atoms with Gasteiger partial charge in [0.15, 0.2) is 15.8 Å². The molecule has 0 saturated heterocycles. The van der Waals surface area contributed by atoms with Crippen LogP contribution < -0.4 is 10.6 Å². The molecule has 0 radical (unpaired) electrons. The fourth-order valence-electron chi connectivity index (χ4n) is 3.43. The van der Waals surface area contributed by atoms with E-state index in [0.717, 1.165) is 12.5 Å². The van der Waals surface area contributed by atoms with Crippen molar-refractivity contribution in [3.05, 3.63) is 35.1 Å². The first kappa shape index (κ1) is 18.2. The van der Waals surface area contributed by atoms with Crippen LogP contribution in [0.25, 0.3) is 0 Å². The fourth-order valence-corrected chi connectivity index (χ4v) is 4.27. The molecule has 0 atom stereocenters. The summed E-state index contributed by atoms with van der Waals surface area (Å²) >= 11 is 0. The van der Waals surface area contributed by atoms with Crippen LogP contribution in [0.15, 0.2) is 23.2 Å². The van der Waals surface area contributed by atoms with Crippen LogP contribution in [0.1, 0.15) is 36.8 Å². The van der Waals surface area contributed by atoms with Gasteiger partial charge in [-0.3, -0.25) is 4.99 Å². The van der Waals surface area contributed by atoms with E-state index in [1.807, 2.05) is 0 Å². The molecular formula is C18H26FN3O2S. The van der Waals surface area contributed by atoms with Gasteiger partial charge in [-0.15, -0.1) is 0 Å². The van der Waals surface area contributed by atoms with E-state index in [2.05, 4.69) is 15.6 Å². The van der Waals surface area contributed by atoms with Gasteiger partial charge in [0, 0.05) is 26.4 Å². The predicted octanol–water partition coefficient (Wildman–Crippen LogP) is 2.23. The second kappa shape index (κ2) is 6.94. The van der Waals surface area contributed by atoms with Crippen LogP contribution >= 0.6 is 0 Å². The van der Waals surface area contributed by atoms with Crippen LogP contribution in [0.3, 0.4) is 0 Å². The first-order chi connectivity index (χ1) is 11.8. The van der Waals surface area contributed by atoms with Crippen LogP contribution in [0.2, 0.25) is 0 Å². The van der Waals surface area contributed by atoms with Gasteiger partial charge < -0.3 is 10.6 Å². The third-order valence-electron chi connectivity index (χ3n) is 5.20. The monoisotopic (exact) mass is 367 g/mol. The first-order valence-corrected chi connectivity index (χ1v) is 10.8. The van der Waals surface area contributed by atoms with E-state index in [4.69, 9.17) is 0 Å². The van der Waals surface area contributed by atoms with Crippen LogP contribution in [0.4, 0.5) is 4.39 Å². The molecule has 138 valence electrons. The number of aliphatic imine (C=N–C) groups is 1. The van der Waals surface area contributed by atoms with Crippen molar-refractivity contribution in [3.63, 3.8) is 0 Å². The molecule has 0 aromatic heterocycles. The Morgan fingerprint density at radius 2 is 2.00 bits per heavy atom. The minimum atomic E-state index is -3.18. The Morgan fingerprint density at radius 1 is 1.28 bits per heavy atom. The van der Waals surface area contributed by atoms with Gasteiger partial charge in [0.05, 0.1) is 5.75 Å². The lowest BCUT2D eigenvalue weighted by molar-refractivity contribution is 0.431. The Balaban J connectivity index is 1.60. The number of sulfone groups is 1. The molecule has 1 aromatic rings. The SMILES string of the molecule is CN=C(NCc1cc(F)ccc1CS(C)(=O)=O)NCC1(C2CC2)CC1. The number of hydrogen-bond acceptors (Lipinski definition) is 3. The number of rotatable bonds is 7. The van der Waals surface area contributed by atoms with Crippen molar-refractivity contribution in [1.82, 2.24) is 10.6 Å². The molecule has 0 unspecified atom stereocenters. The highest BCUT2D eigenvalue weighted by Gasteiger charge is 2.53. The maximum Gasteiger partial charge on any atom is 0.191 e. The predicted molar refractivity (Wildman–Crippen MR) is 97.5 cm³/mol. The van der Waals surface area contributed by atoms with E-state index in [9.17, 15) is 12.8 Å². The second-order valence-electron chi connectivity index (χ2n) is 7.40. The Hall–Kier alpha value is -1.63. The molecule has 2 fully saturated rings.